The number of rotatable bonds is 56. The van der Waals surface area contributed by atoms with E-state index < -0.39 is 156 Å². The van der Waals surface area contributed by atoms with E-state index >= 15 is 0 Å². The van der Waals surface area contributed by atoms with Crippen LogP contribution in [-0.2, 0) is 61.2 Å². The molecule has 0 amide bonds. The minimum atomic E-state index is -5.70. The van der Waals surface area contributed by atoms with E-state index in [0.717, 1.165) is 96.0 Å². The highest BCUT2D eigenvalue weighted by molar-refractivity contribution is 7.47. The molecule has 3 fully saturated rings. The smallest absolute Gasteiger partial charge is 0.462 e. The van der Waals surface area contributed by atoms with E-state index in [0.29, 0.717) is 12.8 Å². The van der Waals surface area contributed by atoms with Gasteiger partial charge in [0.2, 0.25) is 0 Å². The van der Waals surface area contributed by atoms with Gasteiger partial charge in [-0.15, -0.1) is 0 Å². The number of allylic oxidation sites excluding steroid dienone is 3. The van der Waals surface area contributed by atoms with E-state index in [4.69, 9.17) is 42.2 Å². The molecule has 0 aromatic carbocycles. The number of phosphoric acid groups is 1. The van der Waals surface area contributed by atoms with Crippen LogP contribution in [0.5, 0.6) is 0 Å². The molecule has 3 aliphatic rings. The predicted octanol–water partition coefficient (Wildman–Crippen LogP) is 9.35. The second-order valence-corrected chi connectivity index (χ2v) is 27.8. The van der Waals surface area contributed by atoms with Crippen LogP contribution in [0.4, 0.5) is 0 Å². The fourth-order valence-corrected chi connectivity index (χ4v) is 13.0. The zero-order valence-electron chi connectivity index (χ0n) is 57.7. The molecule has 0 radical (unpaired) electrons. The Balaban J connectivity index is 1.76. The Morgan fingerprint density at radius 3 is 1.24 bits per heavy atom. The van der Waals surface area contributed by atoms with Gasteiger partial charge < -0.3 is 89.1 Å². The summed E-state index contributed by atoms with van der Waals surface area (Å²) in [5, 5.41) is 110. The molecule has 95 heavy (non-hydrogen) atoms. The van der Waals surface area contributed by atoms with Crippen molar-refractivity contribution >= 4 is 25.7 Å². The van der Waals surface area contributed by atoms with Crippen molar-refractivity contribution in [1.29, 1.82) is 0 Å². The monoisotopic (exact) mass is 1380 g/mol. The number of phosphoric ester groups is 1. The first kappa shape index (κ1) is 86.7. The number of carbonyl (C=O) groups excluding carboxylic acids is 3. The van der Waals surface area contributed by atoms with Crippen LogP contribution in [0.1, 0.15) is 271 Å². The van der Waals surface area contributed by atoms with Crippen molar-refractivity contribution in [3.63, 3.8) is 0 Å². The van der Waals surface area contributed by atoms with Crippen LogP contribution in [0, 0.1) is 0 Å². The topological polar surface area (TPSA) is 374 Å². The molecule has 1 aliphatic carbocycles. The van der Waals surface area contributed by atoms with Gasteiger partial charge in [0.1, 0.15) is 98.7 Å². The first-order valence-corrected chi connectivity index (χ1v) is 38.2. The van der Waals surface area contributed by atoms with Crippen molar-refractivity contribution in [2.75, 3.05) is 26.4 Å². The van der Waals surface area contributed by atoms with E-state index in [1.165, 1.54) is 141 Å². The van der Waals surface area contributed by atoms with E-state index in [-0.39, 0.29) is 12.8 Å². The summed E-state index contributed by atoms with van der Waals surface area (Å²) in [5.74, 6) is -2.22. The van der Waals surface area contributed by atoms with Crippen LogP contribution in [0.25, 0.3) is 0 Å². The normalized spacial score (nSPS) is 28.2. The number of ether oxygens (including phenoxy) is 7. The molecule has 25 heteroatoms. The number of unbranched alkanes of at least 4 members (excludes halogenated alkanes) is 34. The minimum absolute atomic E-state index is 0.0391. The highest BCUT2D eigenvalue weighted by Crippen LogP contribution is 2.49. The van der Waals surface area contributed by atoms with Gasteiger partial charge in [0.05, 0.1) is 13.2 Å². The predicted molar refractivity (Wildman–Crippen MR) is 356 cm³/mol. The van der Waals surface area contributed by atoms with Gasteiger partial charge in [-0.05, 0) is 25.7 Å². The molecule has 3 rings (SSSR count). The molecule has 18 atom stereocenters. The summed E-state index contributed by atoms with van der Waals surface area (Å²) >= 11 is 0. The molecule has 0 aromatic rings. The Morgan fingerprint density at radius 2 is 0.811 bits per heavy atom. The highest BCUT2D eigenvalue weighted by Gasteiger charge is 2.58. The fourth-order valence-electron chi connectivity index (χ4n) is 12.1. The summed E-state index contributed by atoms with van der Waals surface area (Å²) in [6, 6.07) is 0. The Labute approximate surface area is 566 Å². The summed E-state index contributed by atoms with van der Waals surface area (Å²) in [6.07, 6.45) is 11.8. The molecular weight excluding hydrogens is 1260 g/mol. The average Bonchev–Trinajstić information content (AvgIpc) is 0.764. The fraction of sp³-hybridized carbons (Fsp3) is 0.900. The minimum Gasteiger partial charge on any atom is -0.462 e. The van der Waals surface area contributed by atoms with Crippen molar-refractivity contribution in [2.45, 2.75) is 375 Å². The van der Waals surface area contributed by atoms with Crippen molar-refractivity contribution in [3.05, 3.63) is 24.3 Å². The quantitative estimate of drug-likeness (QED) is 0.00674. The number of aliphatic hydroxyl groups excluding tert-OH is 10. The molecule has 0 bridgehead atoms. The van der Waals surface area contributed by atoms with Gasteiger partial charge in [-0.1, -0.05) is 251 Å². The van der Waals surface area contributed by atoms with Gasteiger partial charge in [0.25, 0.3) is 0 Å². The van der Waals surface area contributed by atoms with Crippen molar-refractivity contribution < 1.29 is 117 Å². The van der Waals surface area contributed by atoms with E-state index in [1.807, 2.05) is 6.08 Å². The van der Waals surface area contributed by atoms with Crippen LogP contribution in [0.2, 0.25) is 0 Å². The Kier molecular flexibility index (Phi) is 47.8. The molecule has 24 nitrogen and oxygen atoms in total. The third-order valence-corrected chi connectivity index (χ3v) is 19.1. The number of esters is 3. The lowest BCUT2D eigenvalue weighted by atomic mass is 9.84. The van der Waals surface area contributed by atoms with Crippen molar-refractivity contribution in [1.82, 2.24) is 0 Å². The van der Waals surface area contributed by atoms with Gasteiger partial charge in [0, 0.05) is 18.9 Å². The Hall–Kier alpha value is -2.56. The molecule has 2 heterocycles. The van der Waals surface area contributed by atoms with Gasteiger partial charge >= 0.3 is 25.7 Å². The van der Waals surface area contributed by atoms with Crippen LogP contribution in [-0.4, -0.2) is 204 Å². The zero-order valence-corrected chi connectivity index (χ0v) is 58.6. The first-order valence-electron chi connectivity index (χ1n) is 36.7. The second kappa shape index (κ2) is 52.4. The lowest BCUT2D eigenvalue weighted by Gasteiger charge is -2.49. The number of aliphatic hydroxyl groups is 10. The maximum absolute atomic E-state index is 14.3. The lowest BCUT2D eigenvalue weighted by Crippen LogP contribution is -2.69. The number of hydrogen-bond donors (Lipinski definition) is 11. The molecule has 2 aliphatic heterocycles. The average molecular weight is 1380 g/mol. The summed E-state index contributed by atoms with van der Waals surface area (Å²) in [5.41, 5.74) is 0. The molecule has 0 spiro atoms. The SMILES string of the molecule is CCCCCCCCCCCCC/C=C/C=C/C(=O)OCC1OC(OC2C(O)C(O)C(O)C(OC3OC(CO)C(O)C(O)C3O)C2OP(=O)(O)OCC(COC(=O)CCCCCCCCCCCCCCC)OC(=O)CCCCCCCCCCCCCC)C(O)C(O)C1O. The van der Waals surface area contributed by atoms with Crippen LogP contribution < -0.4 is 0 Å². The van der Waals surface area contributed by atoms with Gasteiger partial charge in [0.15, 0.2) is 18.7 Å². The molecule has 18 unspecified atom stereocenters. The molecule has 2 saturated heterocycles. The standard InChI is InChI=1S/C70H127O24P/c1-4-7-10-13-16-19-22-25-26-28-31-33-36-39-42-45-55(73)87-50-53-58(76)60(78)65(83)70(91-53)93-67-63(81)61(79)62(80)66(92-69-64(82)59(77)57(75)52(47-71)90-69)68(67)94-95(84,85)88-49-51(89-56(74)46-43-40-37-34-29-24-21-18-15-12-9-6-3)48-86-54(72)44-41-38-35-32-30-27-23-20-17-14-11-8-5-2/h36,39,42,45,51-53,57-71,75-83H,4-35,37-38,40-41,43-44,46-50H2,1-3H3,(H,84,85)/b39-36+,45-42+. The van der Waals surface area contributed by atoms with E-state index in [2.05, 4.69) is 20.8 Å². The lowest BCUT2D eigenvalue weighted by molar-refractivity contribution is -0.360. The largest absolute Gasteiger partial charge is 0.472 e. The summed E-state index contributed by atoms with van der Waals surface area (Å²) in [7, 11) is -5.70. The third kappa shape index (κ3) is 36.1. The highest BCUT2D eigenvalue weighted by atomic mass is 31.2. The number of carbonyl (C=O) groups is 3. The van der Waals surface area contributed by atoms with Crippen LogP contribution in [0.15, 0.2) is 24.3 Å². The van der Waals surface area contributed by atoms with E-state index in [1.54, 1.807) is 6.08 Å². The van der Waals surface area contributed by atoms with Gasteiger partial charge in [-0.25, -0.2) is 9.36 Å². The summed E-state index contributed by atoms with van der Waals surface area (Å²) in [6.45, 7) is 3.34. The first-order chi connectivity index (χ1) is 45.8. The van der Waals surface area contributed by atoms with Gasteiger partial charge in [-0.2, -0.15) is 0 Å². The van der Waals surface area contributed by atoms with Crippen LogP contribution in [0.3, 0.4) is 0 Å². The Bertz CT molecular complexity index is 2070. The molecule has 0 aromatic heterocycles. The Morgan fingerprint density at radius 1 is 0.432 bits per heavy atom. The van der Waals surface area contributed by atoms with Crippen molar-refractivity contribution in [3.8, 4) is 0 Å². The van der Waals surface area contributed by atoms with Crippen LogP contribution >= 0.6 is 7.82 Å². The zero-order chi connectivity index (χ0) is 69.6. The van der Waals surface area contributed by atoms with Gasteiger partial charge in [-0.3, -0.25) is 18.6 Å². The van der Waals surface area contributed by atoms with E-state index in [9.17, 15) is 74.9 Å². The number of hydrogen-bond acceptors (Lipinski definition) is 23. The molecule has 1 saturated carbocycles. The molecule has 556 valence electrons. The second-order valence-electron chi connectivity index (χ2n) is 26.4. The summed E-state index contributed by atoms with van der Waals surface area (Å²) in [4.78, 5) is 50.8. The summed E-state index contributed by atoms with van der Waals surface area (Å²) < 4.78 is 64.7. The molecule has 11 N–H and O–H groups in total. The maximum Gasteiger partial charge on any atom is 0.472 e. The molecular formula is C70H127O24P. The maximum atomic E-state index is 14.3. The van der Waals surface area contributed by atoms with Crippen molar-refractivity contribution in [2.24, 2.45) is 0 Å². The third-order valence-electron chi connectivity index (χ3n) is 18.1.